The van der Waals surface area contributed by atoms with E-state index in [0.29, 0.717) is 26.2 Å². The van der Waals surface area contributed by atoms with Crippen LogP contribution in [0.3, 0.4) is 0 Å². The molecule has 0 atom stereocenters. The smallest absolute Gasteiger partial charge is 0.226 e. The van der Waals surface area contributed by atoms with Crippen molar-refractivity contribution in [2.24, 2.45) is 5.92 Å². The van der Waals surface area contributed by atoms with E-state index in [-0.39, 0.29) is 17.7 Å². The quantitative estimate of drug-likeness (QED) is 0.565. The molecule has 7 nitrogen and oxygen atoms in total. The van der Waals surface area contributed by atoms with Crippen LogP contribution in [0.15, 0.2) is 48.5 Å². The highest BCUT2D eigenvalue weighted by molar-refractivity contribution is 5.92. The first-order valence-electron chi connectivity index (χ1n) is 14.3. The van der Waals surface area contributed by atoms with Crippen LogP contribution in [0.4, 0.5) is 5.69 Å². The Bertz CT molecular complexity index is 1070. The molecule has 2 aliphatic heterocycles. The lowest BCUT2D eigenvalue weighted by Gasteiger charge is -2.35. The van der Waals surface area contributed by atoms with Crippen LogP contribution in [0.5, 0.6) is 5.75 Å². The first kappa shape index (κ1) is 28.1. The van der Waals surface area contributed by atoms with Gasteiger partial charge in [-0.25, -0.2) is 0 Å². The number of hydrogen-bond donors (Lipinski definition) is 0. The van der Waals surface area contributed by atoms with Crippen LogP contribution in [0.1, 0.15) is 51.2 Å². The largest absolute Gasteiger partial charge is 0.494 e. The van der Waals surface area contributed by atoms with Gasteiger partial charge >= 0.3 is 0 Å². The molecule has 2 aliphatic rings. The van der Waals surface area contributed by atoms with Gasteiger partial charge in [0.05, 0.1) is 6.61 Å². The van der Waals surface area contributed by atoms with E-state index in [1.165, 1.54) is 0 Å². The minimum Gasteiger partial charge on any atom is -0.494 e. The lowest BCUT2D eigenvalue weighted by Crippen LogP contribution is -2.44. The van der Waals surface area contributed by atoms with Gasteiger partial charge in [-0.2, -0.15) is 0 Å². The van der Waals surface area contributed by atoms with Gasteiger partial charge in [-0.3, -0.25) is 14.5 Å². The Morgan fingerprint density at radius 1 is 0.868 bits per heavy atom. The van der Waals surface area contributed by atoms with E-state index in [9.17, 15) is 9.59 Å². The van der Waals surface area contributed by atoms with Gasteiger partial charge in [0.2, 0.25) is 11.8 Å². The highest BCUT2D eigenvalue weighted by Gasteiger charge is 2.30. The predicted octanol–water partition coefficient (Wildman–Crippen LogP) is 4.40. The second-order valence-electron chi connectivity index (χ2n) is 10.4. The Balaban J connectivity index is 1.60. The van der Waals surface area contributed by atoms with Gasteiger partial charge in [-0.15, -0.1) is 0 Å². The zero-order valence-corrected chi connectivity index (χ0v) is 23.4. The van der Waals surface area contributed by atoms with Gasteiger partial charge < -0.3 is 19.4 Å². The molecule has 1 saturated heterocycles. The Labute approximate surface area is 228 Å². The lowest BCUT2D eigenvalue weighted by atomic mass is 9.95. The molecule has 206 valence electrons. The summed E-state index contributed by atoms with van der Waals surface area (Å²) in [6.07, 6.45) is 2.68. The summed E-state index contributed by atoms with van der Waals surface area (Å²) in [5.74, 6) is 1.26. The maximum atomic E-state index is 13.9. The lowest BCUT2D eigenvalue weighted by molar-refractivity contribution is -0.138. The number of rotatable bonds is 6. The van der Waals surface area contributed by atoms with Crippen LogP contribution in [0, 0.1) is 5.92 Å². The molecule has 38 heavy (non-hydrogen) atoms. The topological polar surface area (TPSA) is 56.3 Å². The van der Waals surface area contributed by atoms with Crippen molar-refractivity contribution in [2.75, 3.05) is 57.3 Å². The molecule has 0 radical (unpaired) electrons. The first-order valence-corrected chi connectivity index (χ1v) is 14.3. The van der Waals surface area contributed by atoms with Crippen molar-refractivity contribution in [1.29, 1.82) is 0 Å². The van der Waals surface area contributed by atoms with E-state index in [0.717, 1.165) is 81.1 Å². The first-order chi connectivity index (χ1) is 18.5. The Hall–Kier alpha value is -2.90. The number of amides is 2. The van der Waals surface area contributed by atoms with Crippen LogP contribution in [0.2, 0.25) is 0 Å². The summed E-state index contributed by atoms with van der Waals surface area (Å²) in [7, 11) is 0. The number of nitrogens with zero attached hydrogens (tertiary/aromatic N) is 4. The number of carbonyl (C=O) groups is 2. The third-order valence-electron chi connectivity index (χ3n) is 7.93. The summed E-state index contributed by atoms with van der Waals surface area (Å²) in [6, 6.07) is 16.3. The highest BCUT2D eigenvalue weighted by Crippen LogP contribution is 2.27. The fourth-order valence-electron chi connectivity index (χ4n) is 5.74. The SMILES string of the molecule is CCOc1ccccc1CN1CCCN(C(C)=O)c2ccccc2CN(C(=O)C2CCN(CC)CC2)CC1. The van der Waals surface area contributed by atoms with Crippen molar-refractivity contribution in [3.63, 3.8) is 0 Å². The number of para-hydroxylation sites is 2. The van der Waals surface area contributed by atoms with Crippen molar-refractivity contribution in [1.82, 2.24) is 14.7 Å². The van der Waals surface area contributed by atoms with Crippen LogP contribution in [-0.2, 0) is 22.7 Å². The van der Waals surface area contributed by atoms with Gasteiger partial charge in [-0.05, 0) is 63.5 Å². The fraction of sp³-hybridized carbons (Fsp3) is 0.548. The van der Waals surface area contributed by atoms with Gasteiger partial charge in [0, 0.05) is 63.4 Å². The Kier molecular flexibility index (Phi) is 10.2. The minimum absolute atomic E-state index is 0.0368. The zero-order chi connectivity index (χ0) is 26.9. The molecule has 7 heteroatoms. The molecule has 4 rings (SSSR count). The van der Waals surface area contributed by atoms with Crippen LogP contribution < -0.4 is 9.64 Å². The molecule has 2 aromatic rings. The molecule has 1 fully saturated rings. The normalized spacial score (nSPS) is 18.5. The van der Waals surface area contributed by atoms with Gasteiger partial charge in [0.1, 0.15) is 5.75 Å². The average Bonchev–Trinajstić information content (AvgIpc) is 2.97. The van der Waals surface area contributed by atoms with Gasteiger partial charge in [0.15, 0.2) is 0 Å². The van der Waals surface area contributed by atoms with E-state index in [4.69, 9.17) is 4.74 Å². The van der Waals surface area contributed by atoms with E-state index < -0.39 is 0 Å². The molecule has 0 aromatic heterocycles. The van der Waals surface area contributed by atoms with Crippen molar-refractivity contribution < 1.29 is 14.3 Å². The number of ether oxygens (including phenoxy) is 1. The van der Waals surface area contributed by atoms with Crippen LogP contribution in [0.25, 0.3) is 0 Å². The second kappa shape index (κ2) is 13.8. The zero-order valence-electron chi connectivity index (χ0n) is 23.4. The molecule has 0 spiro atoms. The summed E-state index contributed by atoms with van der Waals surface area (Å²) in [4.78, 5) is 35.4. The summed E-state index contributed by atoms with van der Waals surface area (Å²) in [6.45, 7) is 13.7. The molecule has 0 saturated carbocycles. The van der Waals surface area contributed by atoms with Crippen LogP contribution >= 0.6 is 0 Å². The monoisotopic (exact) mass is 520 g/mol. The van der Waals surface area contributed by atoms with E-state index >= 15 is 0 Å². The number of piperidine rings is 1. The van der Waals surface area contributed by atoms with Crippen molar-refractivity contribution in [2.45, 2.75) is 53.1 Å². The second-order valence-corrected chi connectivity index (χ2v) is 10.4. The Morgan fingerprint density at radius 3 is 2.34 bits per heavy atom. The molecular formula is C31H44N4O3. The summed E-state index contributed by atoms with van der Waals surface area (Å²) < 4.78 is 5.90. The molecule has 0 unspecified atom stereocenters. The van der Waals surface area contributed by atoms with E-state index in [2.05, 4.69) is 39.8 Å². The molecule has 2 aromatic carbocycles. The van der Waals surface area contributed by atoms with Crippen molar-refractivity contribution in [3.05, 3.63) is 59.7 Å². The number of fused-ring (bicyclic) bond motifs is 1. The third-order valence-corrected chi connectivity index (χ3v) is 7.93. The van der Waals surface area contributed by atoms with E-state index in [1.807, 2.05) is 42.2 Å². The molecule has 0 bridgehead atoms. The molecule has 0 aliphatic carbocycles. The maximum Gasteiger partial charge on any atom is 0.226 e. The van der Waals surface area contributed by atoms with Crippen molar-refractivity contribution in [3.8, 4) is 5.75 Å². The number of likely N-dealkylation sites (tertiary alicyclic amines) is 1. The maximum absolute atomic E-state index is 13.9. The fourth-order valence-corrected chi connectivity index (χ4v) is 5.74. The number of hydrogen-bond acceptors (Lipinski definition) is 5. The molecule has 2 heterocycles. The van der Waals surface area contributed by atoms with Crippen LogP contribution in [-0.4, -0.2) is 78.9 Å². The predicted molar refractivity (Wildman–Crippen MR) is 152 cm³/mol. The Morgan fingerprint density at radius 2 is 1.61 bits per heavy atom. The van der Waals surface area contributed by atoms with E-state index in [1.54, 1.807) is 6.92 Å². The molecular weight excluding hydrogens is 476 g/mol. The third kappa shape index (κ3) is 7.14. The van der Waals surface area contributed by atoms with Crippen molar-refractivity contribution >= 4 is 17.5 Å². The minimum atomic E-state index is 0.0368. The summed E-state index contributed by atoms with van der Waals surface area (Å²) >= 11 is 0. The standard InChI is InChI=1S/C31H44N4O3/c1-4-32-19-15-26(16-20-32)31(37)34-22-21-33(23-28-12-7-9-14-30(28)38-5-2)17-10-18-35(25(3)36)29-13-8-6-11-27(29)24-34/h6-9,11-14,26H,4-5,10,15-24H2,1-3H3. The van der Waals surface area contributed by atoms with Gasteiger partial charge in [0.25, 0.3) is 0 Å². The number of carbonyl (C=O) groups excluding carboxylic acids is 2. The molecule has 0 N–H and O–H groups in total. The number of benzene rings is 2. The number of anilines is 1. The highest BCUT2D eigenvalue weighted by atomic mass is 16.5. The van der Waals surface area contributed by atoms with Gasteiger partial charge in [-0.1, -0.05) is 43.3 Å². The summed E-state index contributed by atoms with van der Waals surface area (Å²) in [5.41, 5.74) is 3.12. The molecule has 2 amide bonds. The summed E-state index contributed by atoms with van der Waals surface area (Å²) in [5, 5.41) is 0. The average molecular weight is 521 g/mol.